The van der Waals surface area contributed by atoms with Crippen molar-refractivity contribution in [1.82, 2.24) is 0 Å². The highest BCUT2D eigenvalue weighted by molar-refractivity contribution is 9.10. The number of sulfonamides is 2. The maximum absolute atomic E-state index is 12.6. The molecule has 1 fully saturated rings. The molecule has 2 aromatic carbocycles. The second-order valence-electron chi connectivity index (χ2n) is 6.35. The number of carbonyl (C=O) groups is 1. The average molecular weight is 473 g/mol. The predicted octanol–water partition coefficient (Wildman–Crippen LogP) is 2.87. The van der Waals surface area contributed by atoms with E-state index in [1.54, 1.807) is 25.1 Å². The smallest absolute Gasteiger partial charge is 0.261 e. The van der Waals surface area contributed by atoms with Crippen molar-refractivity contribution in [1.29, 1.82) is 0 Å². The number of hydrogen-bond acceptors (Lipinski definition) is 5. The Hall–Kier alpha value is -1.91. The van der Waals surface area contributed by atoms with Gasteiger partial charge in [-0.25, -0.2) is 21.1 Å². The van der Waals surface area contributed by atoms with Gasteiger partial charge in [-0.15, -0.1) is 0 Å². The van der Waals surface area contributed by atoms with Gasteiger partial charge < -0.3 is 0 Å². The molecule has 0 saturated carbocycles. The van der Waals surface area contributed by atoms with Gasteiger partial charge in [0, 0.05) is 10.2 Å². The summed E-state index contributed by atoms with van der Waals surface area (Å²) in [7, 11) is -7.58. The van der Waals surface area contributed by atoms with Gasteiger partial charge in [0.2, 0.25) is 15.9 Å². The molecule has 0 radical (unpaired) electrons. The summed E-state index contributed by atoms with van der Waals surface area (Å²) < 4.78 is 53.5. The largest absolute Gasteiger partial charge is 0.280 e. The highest BCUT2D eigenvalue weighted by Gasteiger charge is 2.41. The second kappa shape index (κ2) is 6.92. The number of hydrogen-bond donors (Lipinski definition) is 1. The molecular weight excluding hydrogens is 456 g/mol. The van der Waals surface area contributed by atoms with Crippen LogP contribution in [0.15, 0.2) is 51.8 Å². The third-order valence-corrected chi connectivity index (χ3v) is 8.31. The molecule has 1 heterocycles. The summed E-state index contributed by atoms with van der Waals surface area (Å²) in [6, 6.07) is 10.2. The molecule has 2 aromatic rings. The molecule has 0 aliphatic carbocycles. The van der Waals surface area contributed by atoms with E-state index in [1.807, 2.05) is 6.92 Å². The molecular formula is C17H17BrN2O5S2. The minimum atomic E-state index is -3.85. The van der Waals surface area contributed by atoms with Crippen LogP contribution in [0, 0.1) is 12.8 Å². The minimum absolute atomic E-state index is 0.0380. The Labute approximate surface area is 166 Å². The Morgan fingerprint density at radius 2 is 1.78 bits per heavy atom. The molecule has 1 unspecified atom stereocenters. The summed E-state index contributed by atoms with van der Waals surface area (Å²) in [5, 5.41) is 0. The normalized spacial score (nSPS) is 19.3. The van der Waals surface area contributed by atoms with Gasteiger partial charge in [-0.2, -0.15) is 0 Å². The number of benzene rings is 2. The van der Waals surface area contributed by atoms with Crippen LogP contribution in [-0.4, -0.2) is 28.5 Å². The van der Waals surface area contributed by atoms with Gasteiger partial charge in [0.1, 0.15) is 0 Å². The first-order chi connectivity index (χ1) is 12.5. The number of aryl methyl sites for hydroxylation is 1. The van der Waals surface area contributed by atoms with Crippen LogP contribution in [-0.2, 0) is 24.8 Å². The first-order valence-electron chi connectivity index (χ1n) is 7.97. The Balaban J connectivity index is 1.88. The number of halogens is 1. The standard InChI is InChI=1S/C17H17BrN2O5S2/c1-11-9-13(3-8-16(11)18)19-27(24,25)15-6-4-14(5-7-15)20-17(21)12(2)10-26(20,22)23/h3-9,12,19H,10H2,1-2H3. The quantitative estimate of drug-likeness (QED) is 0.736. The molecule has 144 valence electrons. The second-order valence-corrected chi connectivity index (χ2v) is 10.7. The monoisotopic (exact) mass is 472 g/mol. The maximum Gasteiger partial charge on any atom is 0.261 e. The van der Waals surface area contributed by atoms with Crippen LogP contribution < -0.4 is 9.03 Å². The van der Waals surface area contributed by atoms with Crippen molar-refractivity contribution in [3.63, 3.8) is 0 Å². The highest BCUT2D eigenvalue weighted by atomic mass is 79.9. The maximum atomic E-state index is 12.6. The molecule has 1 N–H and O–H groups in total. The van der Waals surface area contributed by atoms with Crippen LogP contribution in [0.2, 0.25) is 0 Å². The van der Waals surface area contributed by atoms with E-state index in [1.165, 1.54) is 24.3 Å². The van der Waals surface area contributed by atoms with Gasteiger partial charge in [-0.05, 0) is 55.0 Å². The number of nitrogens with one attached hydrogen (secondary N) is 1. The van der Waals surface area contributed by atoms with E-state index in [0.717, 1.165) is 14.3 Å². The molecule has 0 bridgehead atoms. The number of anilines is 2. The molecule has 1 atom stereocenters. The lowest BCUT2D eigenvalue weighted by atomic mass is 10.2. The van der Waals surface area contributed by atoms with Crippen molar-refractivity contribution >= 4 is 53.3 Å². The van der Waals surface area contributed by atoms with E-state index in [-0.39, 0.29) is 16.3 Å². The van der Waals surface area contributed by atoms with Gasteiger partial charge in [0.05, 0.1) is 22.3 Å². The van der Waals surface area contributed by atoms with Gasteiger partial charge in [0.25, 0.3) is 10.0 Å². The fourth-order valence-electron chi connectivity index (χ4n) is 2.77. The van der Waals surface area contributed by atoms with Crippen molar-refractivity contribution in [3.8, 4) is 0 Å². The third-order valence-electron chi connectivity index (χ3n) is 4.15. The van der Waals surface area contributed by atoms with Crippen LogP contribution in [0.5, 0.6) is 0 Å². The predicted molar refractivity (Wildman–Crippen MR) is 107 cm³/mol. The highest BCUT2D eigenvalue weighted by Crippen LogP contribution is 2.29. The zero-order valence-corrected chi connectivity index (χ0v) is 17.7. The number of rotatable bonds is 4. The summed E-state index contributed by atoms with van der Waals surface area (Å²) in [5.41, 5.74) is 1.41. The Bertz CT molecular complexity index is 1110. The summed E-state index contributed by atoms with van der Waals surface area (Å²) in [6.45, 7) is 3.38. The summed E-state index contributed by atoms with van der Waals surface area (Å²) >= 11 is 3.35. The van der Waals surface area contributed by atoms with E-state index in [4.69, 9.17) is 0 Å². The number of carbonyl (C=O) groups excluding carboxylic acids is 1. The summed E-state index contributed by atoms with van der Waals surface area (Å²) in [6.07, 6.45) is 0. The molecule has 3 rings (SSSR count). The van der Waals surface area contributed by atoms with Gasteiger partial charge in [-0.1, -0.05) is 22.9 Å². The van der Waals surface area contributed by atoms with Crippen LogP contribution in [0.1, 0.15) is 12.5 Å². The SMILES string of the molecule is Cc1cc(NS(=O)(=O)c2ccc(N3C(=O)C(C)CS3(=O)=O)cc2)ccc1Br. The number of amides is 1. The van der Waals surface area contributed by atoms with E-state index in [0.29, 0.717) is 5.69 Å². The number of nitrogens with zero attached hydrogens (tertiary/aromatic N) is 1. The topological polar surface area (TPSA) is 101 Å². The molecule has 0 spiro atoms. The Kier molecular flexibility index (Phi) is 5.08. The van der Waals surface area contributed by atoms with E-state index in [9.17, 15) is 21.6 Å². The molecule has 1 aliphatic heterocycles. The average Bonchev–Trinajstić information content (AvgIpc) is 2.78. The van der Waals surface area contributed by atoms with Crippen molar-refractivity contribution in [2.45, 2.75) is 18.7 Å². The lowest BCUT2D eigenvalue weighted by Crippen LogP contribution is -2.30. The molecule has 10 heteroatoms. The van der Waals surface area contributed by atoms with Crippen molar-refractivity contribution < 1.29 is 21.6 Å². The van der Waals surface area contributed by atoms with Gasteiger partial charge in [-0.3, -0.25) is 9.52 Å². The fourth-order valence-corrected chi connectivity index (χ4v) is 5.89. The van der Waals surface area contributed by atoms with Crippen molar-refractivity contribution in [3.05, 3.63) is 52.5 Å². The Morgan fingerprint density at radius 1 is 1.15 bits per heavy atom. The molecule has 1 amide bonds. The fraction of sp³-hybridized carbons (Fsp3) is 0.235. The van der Waals surface area contributed by atoms with Crippen LogP contribution in [0.25, 0.3) is 0 Å². The molecule has 27 heavy (non-hydrogen) atoms. The van der Waals surface area contributed by atoms with Gasteiger partial charge >= 0.3 is 0 Å². The third kappa shape index (κ3) is 3.87. The lowest BCUT2D eigenvalue weighted by molar-refractivity contribution is -0.119. The molecule has 1 aliphatic rings. The molecule has 7 nitrogen and oxygen atoms in total. The zero-order valence-electron chi connectivity index (χ0n) is 14.5. The summed E-state index contributed by atoms with van der Waals surface area (Å²) in [4.78, 5) is 12.1. The van der Waals surface area contributed by atoms with Crippen LogP contribution in [0.4, 0.5) is 11.4 Å². The first kappa shape index (κ1) is 19.8. The summed E-state index contributed by atoms with van der Waals surface area (Å²) in [5.74, 6) is -1.40. The van der Waals surface area contributed by atoms with Crippen LogP contribution >= 0.6 is 15.9 Å². The minimum Gasteiger partial charge on any atom is -0.280 e. The van der Waals surface area contributed by atoms with E-state index < -0.39 is 31.9 Å². The van der Waals surface area contributed by atoms with Crippen molar-refractivity contribution in [2.24, 2.45) is 5.92 Å². The first-order valence-corrected chi connectivity index (χ1v) is 11.9. The van der Waals surface area contributed by atoms with E-state index in [2.05, 4.69) is 20.7 Å². The zero-order chi connectivity index (χ0) is 20.0. The molecule has 0 aromatic heterocycles. The van der Waals surface area contributed by atoms with Gasteiger partial charge in [0.15, 0.2) is 0 Å². The van der Waals surface area contributed by atoms with Crippen molar-refractivity contribution in [2.75, 3.05) is 14.8 Å². The lowest BCUT2D eigenvalue weighted by Gasteiger charge is -2.16. The Morgan fingerprint density at radius 3 is 2.30 bits per heavy atom. The van der Waals surface area contributed by atoms with E-state index >= 15 is 0 Å². The molecule has 1 saturated heterocycles. The van der Waals surface area contributed by atoms with Crippen LogP contribution in [0.3, 0.4) is 0 Å².